The zero-order valence-corrected chi connectivity index (χ0v) is 13.1. The second-order valence-electron chi connectivity index (χ2n) is 6.19. The minimum absolute atomic E-state index is 0.324. The van der Waals surface area contributed by atoms with Gasteiger partial charge in [0.2, 0.25) is 0 Å². The van der Waals surface area contributed by atoms with E-state index >= 15 is 0 Å². The van der Waals surface area contributed by atoms with Gasteiger partial charge in [0.15, 0.2) is 0 Å². The van der Waals surface area contributed by atoms with E-state index in [2.05, 4.69) is 5.10 Å². The Bertz CT molecular complexity index is 589. The molecule has 6 heteroatoms. The average Bonchev–Trinajstić information content (AvgIpc) is 2.66. The number of carbonyl (C=O) groups excluding carboxylic acids is 2. The Balaban J connectivity index is 2.19. The van der Waals surface area contributed by atoms with Gasteiger partial charge in [0.05, 0.1) is 11.9 Å². The van der Waals surface area contributed by atoms with Crippen molar-refractivity contribution in [1.29, 1.82) is 0 Å². The maximum absolute atomic E-state index is 12.2. The second kappa shape index (κ2) is 5.35. The molecule has 0 fully saturated rings. The minimum atomic E-state index is -0.611. The van der Waals surface area contributed by atoms with Gasteiger partial charge in [-0.1, -0.05) is 0 Å². The summed E-state index contributed by atoms with van der Waals surface area (Å²) >= 11 is 0. The largest absolute Gasteiger partial charge is 0.443 e. The lowest BCUT2D eigenvalue weighted by Gasteiger charge is -2.28. The molecule has 0 aliphatic carbocycles. The summed E-state index contributed by atoms with van der Waals surface area (Å²) in [5.74, 6) is -0.342. The Labute approximate surface area is 124 Å². The van der Waals surface area contributed by atoms with Crippen molar-refractivity contribution in [3.05, 3.63) is 23.5 Å². The maximum atomic E-state index is 12.2. The molecule has 1 aliphatic rings. The van der Waals surface area contributed by atoms with Crippen molar-refractivity contribution in [2.45, 2.75) is 39.7 Å². The fourth-order valence-electron chi connectivity index (χ4n) is 2.34. The van der Waals surface area contributed by atoms with Crippen molar-refractivity contribution >= 4 is 17.6 Å². The summed E-state index contributed by atoms with van der Waals surface area (Å²) in [6, 6.07) is 0. The smallest absolute Gasteiger partial charge is 0.417 e. The van der Waals surface area contributed by atoms with Gasteiger partial charge in [-0.25, -0.2) is 9.69 Å². The predicted molar refractivity (Wildman–Crippen MR) is 78.5 cm³/mol. The summed E-state index contributed by atoms with van der Waals surface area (Å²) in [5, 5.41) is 4.18. The molecule has 6 nitrogen and oxygen atoms in total. The number of hydrogen-bond acceptors (Lipinski definition) is 4. The standard InChI is InChI=1S/C15H21N3O3/c1-10-9-16-17(5)13(10)11-6-7-18(12(19)8-11)14(20)21-15(2,3)4/h8-9H,6-7H2,1-5H3. The van der Waals surface area contributed by atoms with Crippen LogP contribution in [0.2, 0.25) is 0 Å². The zero-order valence-electron chi connectivity index (χ0n) is 13.1. The van der Waals surface area contributed by atoms with Crippen molar-refractivity contribution in [3.63, 3.8) is 0 Å². The van der Waals surface area contributed by atoms with E-state index in [1.807, 2.05) is 14.0 Å². The highest BCUT2D eigenvalue weighted by atomic mass is 16.6. The van der Waals surface area contributed by atoms with Crippen LogP contribution in [0.3, 0.4) is 0 Å². The normalized spacial score (nSPS) is 16.0. The molecule has 0 saturated carbocycles. The number of aryl methyl sites for hydroxylation is 2. The van der Waals surface area contributed by atoms with Gasteiger partial charge >= 0.3 is 6.09 Å². The van der Waals surface area contributed by atoms with Crippen LogP contribution >= 0.6 is 0 Å². The highest BCUT2D eigenvalue weighted by Gasteiger charge is 2.30. The molecule has 1 aromatic heterocycles. The van der Waals surface area contributed by atoms with E-state index < -0.39 is 11.7 Å². The van der Waals surface area contributed by atoms with E-state index in [0.29, 0.717) is 13.0 Å². The number of carbonyl (C=O) groups is 2. The first-order chi connectivity index (χ1) is 9.69. The number of hydrogen-bond donors (Lipinski definition) is 0. The first-order valence-corrected chi connectivity index (χ1v) is 6.93. The van der Waals surface area contributed by atoms with Crippen LogP contribution < -0.4 is 0 Å². The van der Waals surface area contributed by atoms with Crippen LogP contribution in [0.15, 0.2) is 12.3 Å². The van der Waals surface area contributed by atoms with Crippen LogP contribution in [-0.2, 0) is 16.6 Å². The van der Waals surface area contributed by atoms with Crippen molar-refractivity contribution in [2.75, 3.05) is 6.54 Å². The second-order valence-corrected chi connectivity index (χ2v) is 6.19. The summed E-state index contributed by atoms with van der Waals surface area (Å²) in [6.07, 6.45) is 3.27. The molecular formula is C15H21N3O3. The van der Waals surface area contributed by atoms with Gasteiger partial charge in [-0.2, -0.15) is 5.10 Å². The number of aromatic nitrogens is 2. The number of imide groups is 1. The quantitative estimate of drug-likeness (QED) is 0.796. The van der Waals surface area contributed by atoms with Crippen molar-refractivity contribution < 1.29 is 14.3 Å². The lowest BCUT2D eigenvalue weighted by molar-refractivity contribution is -0.125. The van der Waals surface area contributed by atoms with E-state index in [0.717, 1.165) is 21.7 Å². The first kappa shape index (κ1) is 15.3. The summed E-state index contributed by atoms with van der Waals surface area (Å²) < 4.78 is 6.99. The van der Waals surface area contributed by atoms with Crippen LogP contribution in [-0.4, -0.2) is 38.8 Å². The van der Waals surface area contributed by atoms with Gasteiger partial charge in [-0.05, 0) is 45.3 Å². The molecule has 0 spiro atoms. The van der Waals surface area contributed by atoms with Gasteiger partial charge < -0.3 is 4.74 Å². The molecule has 21 heavy (non-hydrogen) atoms. The molecule has 0 bridgehead atoms. The van der Waals surface area contributed by atoms with E-state index in [9.17, 15) is 9.59 Å². The third-order valence-corrected chi connectivity index (χ3v) is 3.21. The molecular weight excluding hydrogens is 270 g/mol. The lowest BCUT2D eigenvalue weighted by atomic mass is 10.0. The highest BCUT2D eigenvalue weighted by molar-refractivity contribution is 6.04. The molecule has 0 unspecified atom stereocenters. The fourth-order valence-corrected chi connectivity index (χ4v) is 2.34. The Morgan fingerprint density at radius 2 is 2.05 bits per heavy atom. The van der Waals surface area contributed by atoms with Crippen LogP contribution in [0.4, 0.5) is 4.79 Å². The molecule has 2 amide bonds. The Morgan fingerprint density at radius 3 is 2.52 bits per heavy atom. The average molecular weight is 291 g/mol. The molecule has 1 aromatic rings. The van der Waals surface area contributed by atoms with E-state index in [1.54, 1.807) is 31.6 Å². The van der Waals surface area contributed by atoms with E-state index in [4.69, 9.17) is 4.74 Å². The zero-order chi connectivity index (χ0) is 15.8. The summed E-state index contributed by atoms with van der Waals surface area (Å²) in [5.41, 5.74) is 2.24. The van der Waals surface area contributed by atoms with Crippen molar-refractivity contribution in [2.24, 2.45) is 7.05 Å². The van der Waals surface area contributed by atoms with Gasteiger partial charge in [-0.3, -0.25) is 9.48 Å². The van der Waals surface area contributed by atoms with Crippen LogP contribution in [0.25, 0.3) is 5.57 Å². The lowest BCUT2D eigenvalue weighted by Crippen LogP contribution is -2.42. The third kappa shape index (κ3) is 3.32. The molecule has 0 radical (unpaired) electrons. The predicted octanol–water partition coefficient (Wildman–Crippen LogP) is 2.28. The number of amides is 2. The minimum Gasteiger partial charge on any atom is -0.443 e. The van der Waals surface area contributed by atoms with Gasteiger partial charge in [-0.15, -0.1) is 0 Å². The molecule has 0 aromatic carbocycles. The van der Waals surface area contributed by atoms with Crippen LogP contribution in [0.1, 0.15) is 38.4 Å². The maximum Gasteiger partial charge on any atom is 0.417 e. The molecule has 2 rings (SSSR count). The Morgan fingerprint density at radius 1 is 1.38 bits per heavy atom. The van der Waals surface area contributed by atoms with Crippen LogP contribution in [0.5, 0.6) is 0 Å². The molecule has 114 valence electrons. The summed E-state index contributed by atoms with van der Waals surface area (Å²) in [7, 11) is 1.84. The Hall–Kier alpha value is -2.11. The summed E-state index contributed by atoms with van der Waals surface area (Å²) in [6.45, 7) is 7.61. The van der Waals surface area contributed by atoms with Gasteiger partial charge in [0.25, 0.3) is 5.91 Å². The molecule has 2 heterocycles. The van der Waals surface area contributed by atoms with Crippen molar-refractivity contribution in [3.8, 4) is 0 Å². The highest BCUT2D eigenvalue weighted by Crippen LogP contribution is 2.25. The summed E-state index contributed by atoms with van der Waals surface area (Å²) in [4.78, 5) is 25.3. The molecule has 0 atom stereocenters. The molecule has 0 N–H and O–H groups in total. The van der Waals surface area contributed by atoms with Crippen LogP contribution in [0, 0.1) is 6.92 Å². The van der Waals surface area contributed by atoms with Gasteiger partial charge in [0.1, 0.15) is 5.60 Å². The topological polar surface area (TPSA) is 64.4 Å². The van der Waals surface area contributed by atoms with Gasteiger partial charge in [0, 0.05) is 19.7 Å². The molecule has 1 aliphatic heterocycles. The number of nitrogens with zero attached hydrogens (tertiary/aromatic N) is 3. The molecule has 0 saturated heterocycles. The number of rotatable bonds is 1. The third-order valence-electron chi connectivity index (χ3n) is 3.21. The van der Waals surface area contributed by atoms with E-state index in [-0.39, 0.29) is 5.91 Å². The SMILES string of the molecule is Cc1cnn(C)c1C1=CC(=O)N(C(=O)OC(C)(C)C)CC1. The first-order valence-electron chi connectivity index (χ1n) is 6.93. The number of ether oxygens (including phenoxy) is 1. The van der Waals surface area contributed by atoms with E-state index in [1.165, 1.54) is 6.08 Å². The van der Waals surface area contributed by atoms with Crippen molar-refractivity contribution in [1.82, 2.24) is 14.7 Å². The Kier molecular flexibility index (Phi) is 3.89. The monoisotopic (exact) mass is 291 g/mol. The fraction of sp³-hybridized carbons (Fsp3) is 0.533.